The smallest absolute Gasteiger partial charge is 0.331 e. The summed E-state index contributed by atoms with van der Waals surface area (Å²) in [5.74, 6) is -1.55. The molecule has 4 amide bonds. The first kappa shape index (κ1) is 33.0. The molecule has 10 heteroatoms. The quantitative estimate of drug-likeness (QED) is 0.109. The molecule has 236 valence electrons. The maximum absolute atomic E-state index is 12.6. The van der Waals surface area contributed by atoms with E-state index in [9.17, 15) is 19.2 Å². The SMILES string of the molecule is O=C(Nc1ccccc1)N[C@@H](COC(=O)/C=C/C(=O)OC[C@@H](Cc1ccccc1)NC(=O)Nc1ccccc1)Cc1ccccc1. The number of anilines is 2. The molecule has 0 saturated heterocycles. The average molecular weight is 621 g/mol. The van der Waals surface area contributed by atoms with Gasteiger partial charge in [-0.3, -0.25) is 0 Å². The predicted molar refractivity (Wildman–Crippen MR) is 176 cm³/mol. The lowest BCUT2D eigenvalue weighted by molar-refractivity contribution is -0.141. The second kappa shape index (κ2) is 18.0. The maximum atomic E-state index is 12.6. The number of amides is 4. The number of para-hydroxylation sites is 2. The van der Waals surface area contributed by atoms with E-state index < -0.39 is 36.1 Å². The van der Waals surface area contributed by atoms with Crippen LogP contribution in [0, 0.1) is 0 Å². The van der Waals surface area contributed by atoms with E-state index in [1.165, 1.54) is 0 Å². The summed E-state index contributed by atoms with van der Waals surface area (Å²) in [4.78, 5) is 50.1. The number of carbonyl (C=O) groups is 4. The van der Waals surface area contributed by atoms with Crippen LogP contribution in [0.15, 0.2) is 133 Å². The van der Waals surface area contributed by atoms with E-state index in [-0.39, 0.29) is 13.2 Å². The Hall–Kier alpha value is -5.90. The van der Waals surface area contributed by atoms with Gasteiger partial charge < -0.3 is 30.7 Å². The van der Waals surface area contributed by atoms with Gasteiger partial charge in [0.2, 0.25) is 0 Å². The van der Waals surface area contributed by atoms with Gasteiger partial charge in [-0.25, -0.2) is 19.2 Å². The highest BCUT2D eigenvalue weighted by atomic mass is 16.5. The number of hydrogen-bond acceptors (Lipinski definition) is 6. The fourth-order valence-corrected chi connectivity index (χ4v) is 4.45. The van der Waals surface area contributed by atoms with Crippen molar-refractivity contribution >= 4 is 35.4 Å². The summed E-state index contributed by atoms with van der Waals surface area (Å²) in [6, 6.07) is 34.9. The molecule has 4 N–H and O–H groups in total. The van der Waals surface area contributed by atoms with Crippen LogP contribution in [0.25, 0.3) is 0 Å². The largest absolute Gasteiger partial charge is 0.460 e. The molecule has 0 radical (unpaired) electrons. The first-order valence-corrected chi connectivity index (χ1v) is 14.8. The zero-order chi connectivity index (χ0) is 32.4. The van der Waals surface area contributed by atoms with E-state index in [1.54, 1.807) is 48.5 Å². The van der Waals surface area contributed by atoms with Crippen molar-refractivity contribution in [3.63, 3.8) is 0 Å². The lowest BCUT2D eigenvalue weighted by atomic mass is 10.1. The summed E-state index contributed by atoms with van der Waals surface area (Å²) in [7, 11) is 0. The van der Waals surface area contributed by atoms with Crippen molar-refractivity contribution in [1.82, 2.24) is 10.6 Å². The molecule has 0 fully saturated rings. The van der Waals surface area contributed by atoms with Crippen molar-refractivity contribution in [2.24, 2.45) is 0 Å². The van der Waals surface area contributed by atoms with Crippen LogP contribution >= 0.6 is 0 Å². The molecule has 0 aliphatic heterocycles. The highest BCUT2D eigenvalue weighted by molar-refractivity contribution is 5.92. The molecule has 46 heavy (non-hydrogen) atoms. The summed E-state index contributed by atoms with van der Waals surface area (Å²) in [6.07, 6.45) is 2.76. The average Bonchev–Trinajstić information content (AvgIpc) is 3.07. The minimum absolute atomic E-state index is 0.130. The highest BCUT2D eigenvalue weighted by Crippen LogP contribution is 2.09. The van der Waals surface area contributed by atoms with Gasteiger partial charge in [0.25, 0.3) is 0 Å². The van der Waals surface area contributed by atoms with Crippen molar-refractivity contribution in [2.45, 2.75) is 24.9 Å². The monoisotopic (exact) mass is 620 g/mol. The Morgan fingerprint density at radius 3 is 1.17 bits per heavy atom. The van der Waals surface area contributed by atoms with Crippen LogP contribution in [0.4, 0.5) is 21.0 Å². The molecule has 2 atom stereocenters. The molecule has 0 aromatic heterocycles. The Labute approximate surface area is 267 Å². The van der Waals surface area contributed by atoms with Crippen LogP contribution in [0.1, 0.15) is 11.1 Å². The normalized spacial score (nSPS) is 11.9. The topological polar surface area (TPSA) is 135 Å². The van der Waals surface area contributed by atoms with Crippen LogP contribution in [0.2, 0.25) is 0 Å². The Bertz CT molecular complexity index is 1450. The molecule has 0 heterocycles. The van der Waals surface area contributed by atoms with Gasteiger partial charge >= 0.3 is 24.0 Å². The number of ether oxygens (including phenoxy) is 2. The molecule has 0 unspecified atom stereocenters. The Morgan fingerprint density at radius 2 is 0.826 bits per heavy atom. The van der Waals surface area contributed by atoms with Crippen molar-refractivity contribution in [2.75, 3.05) is 23.8 Å². The molecular weight excluding hydrogens is 584 g/mol. The third-order valence-electron chi connectivity index (χ3n) is 6.59. The molecule has 4 aromatic rings. The van der Waals surface area contributed by atoms with E-state index in [0.717, 1.165) is 23.3 Å². The van der Waals surface area contributed by atoms with Crippen molar-refractivity contribution in [3.05, 3.63) is 145 Å². The number of benzene rings is 4. The lowest BCUT2D eigenvalue weighted by Crippen LogP contribution is -2.42. The molecular formula is C36H36N4O6. The number of esters is 2. The Kier molecular flexibility index (Phi) is 12.9. The number of urea groups is 2. The third kappa shape index (κ3) is 12.4. The molecule has 0 bridgehead atoms. The van der Waals surface area contributed by atoms with E-state index in [4.69, 9.17) is 9.47 Å². The number of rotatable bonds is 14. The van der Waals surface area contributed by atoms with Crippen molar-refractivity contribution < 1.29 is 28.7 Å². The van der Waals surface area contributed by atoms with Crippen LogP contribution in [0.5, 0.6) is 0 Å². The van der Waals surface area contributed by atoms with Crippen LogP contribution in [-0.2, 0) is 31.9 Å². The van der Waals surface area contributed by atoms with E-state index in [2.05, 4.69) is 21.3 Å². The predicted octanol–water partition coefficient (Wildman–Crippen LogP) is 5.50. The minimum Gasteiger partial charge on any atom is -0.460 e. The van der Waals surface area contributed by atoms with Crippen molar-refractivity contribution in [1.29, 1.82) is 0 Å². The van der Waals surface area contributed by atoms with Crippen LogP contribution in [-0.4, -0.2) is 49.3 Å². The molecule has 4 aromatic carbocycles. The number of hydrogen-bond donors (Lipinski definition) is 4. The van der Waals surface area contributed by atoms with Gasteiger partial charge in [0.15, 0.2) is 0 Å². The maximum Gasteiger partial charge on any atom is 0.331 e. The van der Waals surface area contributed by atoms with Gasteiger partial charge in [-0.15, -0.1) is 0 Å². The van der Waals surface area contributed by atoms with Crippen LogP contribution < -0.4 is 21.3 Å². The first-order valence-electron chi connectivity index (χ1n) is 14.8. The van der Waals surface area contributed by atoms with Gasteiger partial charge in [-0.2, -0.15) is 0 Å². The second-order valence-corrected chi connectivity index (χ2v) is 10.3. The molecule has 0 saturated carbocycles. The second-order valence-electron chi connectivity index (χ2n) is 10.3. The fraction of sp³-hybridized carbons (Fsp3) is 0.167. The summed E-state index contributed by atoms with van der Waals surface area (Å²) in [6.45, 7) is -0.260. The molecule has 0 spiro atoms. The van der Waals surface area contributed by atoms with Crippen LogP contribution in [0.3, 0.4) is 0 Å². The van der Waals surface area contributed by atoms with Gasteiger partial charge in [0, 0.05) is 23.5 Å². The third-order valence-corrected chi connectivity index (χ3v) is 6.59. The minimum atomic E-state index is -0.776. The molecule has 10 nitrogen and oxygen atoms in total. The van der Waals surface area contributed by atoms with Crippen molar-refractivity contribution in [3.8, 4) is 0 Å². The standard InChI is InChI=1S/C36H36N4O6/c41-33(45-25-31(23-27-13-5-1-6-14-27)39-35(43)37-29-17-9-3-10-18-29)21-22-34(42)46-26-32(24-28-15-7-2-8-16-28)40-36(44)38-30-19-11-4-12-20-30/h1-22,31-32H,23-26H2,(H2,37,39,43)(H2,38,40,44)/b22-21+/t31-,32-/m1/s1. The zero-order valence-corrected chi connectivity index (χ0v) is 25.1. The lowest BCUT2D eigenvalue weighted by Gasteiger charge is -2.19. The Balaban J connectivity index is 1.28. The summed E-state index contributed by atoms with van der Waals surface area (Å²) in [5.41, 5.74) is 3.13. The van der Waals surface area contributed by atoms with E-state index in [0.29, 0.717) is 24.2 Å². The highest BCUT2D eigenvalue weighted by Gasteiger charge is 2.17. The van der Waals surface area contributed by atoms with Gasteiger partial charge in [-0.05, 0) is 48.2 Å². The zero-order valence-electron chi connectivity index (χ0n) is 25.1. The van der Waals surface area contributed by atoms with E-state index in [1.807, 2.05) is 72.8 Å². The van der Waals surface area contributed by atoms with Gasteiger partial charge in [0.1, 0.15) is 13.2 Å². The summed E-state index contributed by atoms with van der Waals surface area (Å²) in [5, 5.41) is 11.2. The van der Waals surface area contributed by atoms with Gasteiger partial charge in [-0.1, -0.05) is 97.1 Å². The number of carbonyl (C=O) groups excluding carboxylic acids is 4. The number of nitrogens with one attached hydrogen (secondary N) is 4. The first-order chi connectivity index (χ1) is 22.4. The molecule has 4 rings (SSSR count). The fourth-order valence-electron chi connectivity index (χ4n) is 4.45. The molecule has 0 aliphatic carbocycles. The Morgan fingerprint density at radius 1 is 0.500 bits per heavy atom. The molecule has 0 aliphatic rings. The summed E-state index contributed by atoms with van der Waals surface area (Å²) >= 11 is 0. The summed E-state index contributed by atoms with van der Waals surface area (Å²) < 4.78 is 10.7. The van der Waals surface area contributed by atoms with Gasteiger partial charge in [0.05, 0.1) is 12.1 Å². The van der Waals surface area contributed by atoms with E-state index >= 15 is 0 Å².